The normalized spacial score (nSPS) is 16.4. The lowest BCUT2D eigenvalue weighted by atomic mass is 10.0. The van der Waals surface area contributed by atoms with Crippen LogP contribution < -0.4 is 0 Å². The summed E-state index contributed by atoms with van der Waals surface area (Å²) >= 11 is 0. The van der Waals surface area contributed by atoms with E-state index in [1.807, 2.05) is 6.08 Å². The molecule has 1 aliphatic rings. The van der Waals surface area contributed by atoms with Gasteiger partial charge in [-0.3, -0.25) is 9.59 Å². The van der Waals surface area contributed by atoms with Crippen LogP contribution >= 0.6 is 0 Å². The van der Waals surface area contributed by atoms with E-state index in [1.165, 1.54) is 231 Å². The van der Waals surface area contributed by atoms with Gasteiger partial charge in [0.15, 0.2) is 12.2 Å². The molecule has 0 spiro atoms. The van der Waals surface area contributed by atoms with Gasteiger partial charge in [0.1, 0.15) is 18.8 Å². The molecule has 8 nitrogen and oxygen atoms in total. The third-order valence-electron chi connectivity index (χ3n) is 14.2. The minimum Gasteiger partial charge on any atom is -0.458 e. The Balaban J connectivity index is 2.48. The highest BCUT2D eigenvalue weighted by molar-refractivity contribution is 5.81. The van der Waals surface area contributed by atoms with Crippen LogP contribution in [0, 0.1) is 0 Å². The van der Waals surface area contributed by atoms with Crippen molar-refractivity contribution in [3.63, 3.8) is 0 Å². The average Bonchev–Trinajstić information content (AvgIpc) is 3.69. The second-order valence-electron chi connectivity index (χ2n) is 20.8. The number of aliphatic hydroxyl groups is 1. The summed E-state index contributed by atoms with van der Waals surface area (Å²) in [4.78, 5) is 39.1. The summed E-state index contributed by atoms with van der Waals surface area (Å²) in [5.74, 6) is -1.30. The van der Waals surface area contributed by atoms with Crippen LogP contribution in [0.15, 0.2) is 12.2 Å². The number of unbranched alkanes of at least 4 members (excludes halogenated alkanes) is 41. The predicted molar refractivity (Wildman–Crippen MR) is 285 cm³/mol. The molecular formula is C60H112O8. The molecule has 0 aromatic rings. The van der Waals surface area contributed by atoms with Gasteiger partial charge < -0.3 is 24.1 Å². The number of carbonyl (C=O) groups is 3. The van der Waals surface area contributed by atoms with Crippen molar-refractivity contribution in [3.05, 3.63) is 12.2 Å². The number of ether oxygens (including phenoxy) is 4. The van der Waals surface area contributed by atoms with Crippen LogP contribution in [0.4, 0.5) is 0 Å². The molecule has 1 fully saturated rings. The summed E-state index contributed by atoms with van der Waals surface area (Å²) in [5.41, 5.74) is 0. The highest BCUT2D eigenvalue weighted by Crippen LogP contribution is 2.25. The second-order valence-corrected chi connectivity index (χ2v) is 20.8. The zero-order valence-electron chi connectivity index (χ0n) is 45.2. The first-order chi connectivity index (χ1) is 33.4. The van der Waals surface area contributed by atoms with Gasteiger partial charge in [-0.05, 0) is 25.7 Å². The summed E-state index contributed by atoms with van der Waals surface area (Å²) in [6.45, 7) is 6.51. The number of rotatable bonds is 52. The topological polar surface area (TPSA) is 108 Å². The van der Waals surface area contributed by atoms with Gasteiger partial charge in [-0.1, -0.05) is 284 Å². The Morgan fingerprint density at radius 2 is 0.794 bits per heavy atom. The van der Waals surface area contributed by atoms with Crippen molar-refractivity contribution in [2.24, 2.45) is 0 Å². The molecule has 8 heteroatoms. The van der Waals surface area contributed by atoms with Crippen molar-refractivity contribution in [1.82, 2.24) is 0 Å². The zero-order chi connectivity index (χ0) is 49.2. The summed E-state index contributed by atoms with van der Waals surface area (Å²) < 4.78 is 23.3. The third-order valence-corrected chi connectivity index (χ3v) is 14.2. The van der Waals surface area contributed by atoms with Crippen LogP contribution in [0.2, 0.25) is 0 Å². The van der Waals surface area contributed by atoms with Crippen molar-refractivity contribution >= 4 is 17.9 Å². The molecule has 0 amide bonds. The molecule has 0 radical (unpaired) electrons. The molecule has 1 N–H and O–H groups in total. The number of hydrogen-bond donors (Lipinski definition) is 1. The van der Waals surface area contributed by atoms with Crippen LogP contribution in [-0.2, 0) is 33.3 Å². The molecule has 0 unspecified atom stereocenters. The lowest BCUT2D eigenvalue weighted by molar-refractivity contribution is -0.175. The van der Waals surface area contributed by atoms with E-state index in [0.717, 1.165) is 57.8 Å². The quantitative estimate of drug-likeness (QED) is 0.0278. The lowest BCUT2D eigenvalue weighted by Crippen LogP contribution is -2.46. The summed E-state index contributed by atoms with van der Waals surface area (Å²) in [7, 11) is 0. The number of hydrogen-bond acceptors (Lipinski definition) is 8. The molecule has 68 heavy (non-hydrogen) atoms. The van der Waals surface area contributed by atoms with Crippen molar-refractivity contribution in [2.45, 2.75) is 341 Å². The Labute approximate surface area is 420 Å². The van der Waals surface area contributed by atoms with Gasteiger partial charge in [-0.2, -0.15) is 0 Å². The molecule has 0 aromatic heterocycles. The van der Waals surface area contributed by atoms with E-state index in [1.54, 1.807) is 0 Å². The molecule has 0 aliphatic carbocycles. The van der Waals surface area contributed by atoms with E-state index < -0.39 is 42.3 Å². The highest BCUT2D eigenvalue weighted by Gasteiger charge is 2.46. The Bertz CT molecular complexity index is 1140. The van der Waals surface area contributed by atoms with Crippen LogP contribution in [-0.4, -0.2) is 60.6 Å². The average molecular weight is 962 g/mol. The molecule has 0 saturated carbocycles. The van der Waals surface area contributed by atoms with Gasteiger partial charge in [0.05, 0.1) is 6.61 Å². The van der Waals surface area contributed by atoms with Crippen molar-refractivity contribution in [1.29, 1.82) is 0 Å². The van der Waals surface area contributed by atoms with Gasteiger partial charge in [0.25, 0.3) is 0 Å². The molecule has 1 saturated heterocycles. The predicted octanol–water partition coefficient (Wildman–Crippen LogP) is 17.7. The first-order valence-corrected chi connectivity index (χ1v) is 29.9. The molecule has 0 bridgehead atoms. The summed E-state index contributed by atoms with van der Waals surface area (Å²) in [6.07, 6.45) is 54.9. The molecule has 400 valence electrons. The van der Waals surface area contributed by atoms with Crippen molar-refractivity contribution < 1.29 is 38.4 Å². The highest BCUT2D eigenvalue weighted by atomic mass is 16.6. The molecule has 1 aliphatic heterocycles. The fraction of sp³-hybridized carbons (Fsp3) is 0.917. The van der Waals surface area contributed by atoms with Crippen molar-refractivity contribution in [3.8, 4) is 0 Å². The Morgan fingerprint density at radius 3 is 1.16 bits per heavy atom. The van der Waals surface area contributed by atoms with E-state index in [-0.39, 0.29) is 26.1 Å². The van der Waals surface area contributed by atoms with E-state index in [0.29, 0.717) is 0 Å². The molecule has 0 aromatic carbocycles. The standard InChI is InChI=1S/C60H112O8/c1-4-7-10-13-16-19-22-25-28-31-34-37-40-43-46-49-56(62)65-53-55(67-57(63)50-47-44-41-38-35-32-29-26-23-20-17-14-11-8-5-2)60-59(54(61)52-66-60)68-58(64)51-48-45-42-39-36-33-30-27-24-21-18-15-12-9-6-3/h46,49,54-55,59-61H,4-45,47-48,50-53H2,1-3H3/t54-,55+,59+,60+/m0/s1. The van der Waals surface area contributed by atoms with E-state index in [2.05, 4.69) is 20.8 Å². The third kappa shape index (κ3) is 40.8. The molecule has 4 atom stereocenters. The number of allylic oxidation sites excluding steroid dienone is 1. The summed E-state index contributed by atoms with van der Waals surface area (Å²) in [6, 6.07) is 0. The van der Waals surface area contributed by atoms with Crippen LogP contribution in [0.1, 0.15) is 316 Å². The molecule has 1 heterocycles. The Kier molecular flexibility index (Phi) is 47.1. The Morgan fingerprint density at radius 1 is 0.471 bits per heavy atom. The van der Waals surface area contributed by atoms with Gasteiger partial charge in [-0.15, -0.1) is 0 Å². The lowest BCUT2D eigenvalue weighted by Gasteiger charge is -2.27. The SMILES string of the molecule is CCCCCCCCCCCCCCCC=CC(=O)OC[C@@H](OC(=O)CCCCCCCCCCCCCCCCC)[C@H]1OC[C@H](O)[C@H]1OC(=O)CCCCCCCCCCCCCCCCC. The van der Waals surface area contributed by atoms with Crippen LogP contribution in [0.25, 0.3) is 0 Å². The minimum atomic E-state index is -1.06. The van der Waals surface area contributed by atoms with Crippen molar-refractivity contribution in [2.75, 3.05) is 13.2 Å². The van der Waals surface area contributed by atoms with E-state index in [9.17, 15) is 19.5 Å². The smallest absolute Gasteiger partial charge is 0.330 e. The maximum Gasteiger partial charge on any atom is 0.330 e. The first-order valence-electron chi connectivity index (χ1n) is 29.9. The number of carbonyl (C=O) groups excluding carboxylic acids is 3. The monoisotopic (exact) mass is 961 g/mol. The maximum atomic E-state index is 13.2. The molecular weight excluding hydrogens is 849 g/mol. The summed E-state index contributed by atoms with van der Waals surface area (Å²) in [5, 5.41) is 10.9. The minimum absolute atomic E-state index is 0.0539. The van der Waals surface area contributed by atoms with Crippen LogP contribution in [0.5, 0.6) is 0 Å². The zero-order valence-corrected chi connectivity index (χ0v) is 45.2. The number of esters is 3. The fourth-order valence-corrected chi connectivity index (χ4v) is 9.67. The van der Waals surface area contributed by atoms with Gasteiger partial charge in [-0.25, -0.2) is 4.79 Å². The van der Waals surface area contributed by atoms with Crippen LogP contribution in [0.3, 0.4) is 0 Å². The first kappa shape index (κ1) is 64.1. The molecule has 1 rings (SSSR count). The van der Waals surface area contributed by atoms with Gasteiger partial charge in [0, 0.05) is 18.9 Å². The fourth-order valence-electron chi connectivity index (χ4n) is 9.67. The Hall–Kier alpha value is -1.93. The van der Waals surface area contributed by atoms with Gasteiger partial charge in [0.2, 0.25) is 0 Å². The van der Waals surface area contributed by atoms with E-state index in [4.69, 9.17) is 18.9 Å². The van der Waals surface area contributed by atoms with E-state index >= 15 is 0 Å². The van der Waals surface area contributed by atoms with Gasteiger partial charge >= 0.3 is 17.9 Å². The number of aliphatic hydroxyl groups excluding tert-OH is 1. The largest absolute Gasteiger partial charge is 0.458 e. The maximum absolute atomic E-state index is 13.2. The second kappa shape index (κ2) is 50.0.